The van der Waals surface area contributed by atoms with Gasteiger partial charge in [-0.3, -0.25) is 0 Å². The van der Waals surface area contributed by atoms with E-state index in [-0.39, 0.29) is 0 Å². The van der Waals surface area contributed by atoms with Crippen molar-refractivity contribution in [3.8, 4) is 39.1 Å². The first-order chi connectivity index (χ1) is 20.8. The van der Waals surface area contributed by atoms with Gasteiger partial charge in [0, 0.05) is 31.6 Å². The van der Waals surface area contributed by atoms with Crippen LogP contribution in [-0.2, 0) is 0 Å². The van der Waals surface area contributed by atoms with Gasteiger partial charge in [-0.25, -0.2) is 0 Å². The van der Waals surface area contributed by atoms with Crippen LogP contribution in [0.1, 0.15) is 0 Å². The lowest BCUT2D eigenvalue weighted by Crippen LogP contribution is -1.95. The summed E-state index contributed by atoms with van der Waals surface area (Å²) in [4.78, 5) is 2.64. The highest BCUT2D eigenvalue weighted by Crippen LogP contribution is 2.50. The zero-order chi connectivity index (χ0) is 27.6. The van der Waals surface area contributed by atoms with E-state index in [9.17, 15) is 0 Å². The van der Waals surface area contributed by atoms with Crippen molar-refractivity contribution in [1.82, 2.24) is 4.57 Å². The van der Waals surface area contributed by atoms with E-state index in [4.69, 9.17) is 0 Å². The van der Waals surface area contributed by atoms with Gasteiger partial charge >= 0.3 is 0 Å². The standard InChI is InChI=1S/C40H25NS/c1-3-10-26(11-4-1)30-21-23-39-40-33(30)15-9-16-34(40)35-24-27(19-22-38(35)42-39)28-18-20-32-31-14-7-8-17-36(31)41(37(32)25-28)29-12-5-2-6-13-29/h1-25H. The van der Waals surface area contributed by atoms with Crippen LogP contribution in [0.2, 0.25) is 0 Å². The number of aromatic nitrogens is 1. The van der Waals surface area contributed by atoms with Gasteiger partial charge in [-0.1, -0.05) is 121 Å². The van der Waals surface area contributed by atoms with Crippen LogP contribution >= 0.6 is 11.8 Å². The maximum atomic E-state index is 2.39. The molecule has 0 radical (unpaired) electrons. The summed E-state index contributed by atoms with van der Waals surface area (Å²) >= 11 is 1.88. The Hall–Kier alpha value is -5.05. The summed E-state index contributed by atoms with van der Waals surface area (Å²) in [6, 6.07) is 55.4. The van der Waals surface area contributed by atoms with E-state index in [0.29, 0.717) is 0 Å². The maximum absolute atomic E-state index is 2.39. The summed E-state index contributed by atoms with van der Waals surface area (Å²) < 4.78 is 2.39. The lowest BCUT2D eigenvalue weighted by molar-refractivity contribution is 1.18. The molecule has 0 aliphatic carbocycles. The molecule has 0 saturated carbocycles. The fourth-order valence-corrected chi connectivity index (χ4v) is 7.80. The number of nitrogens with zero attached hydrogens (tertiary/aromatic N) is 1. The van der Waals surface area contributed by atoms with E-state index in [1.807, 2.05) is 11.8 Å². The van der Waals surface area contributed by atoms with Gasteiger partial charge in [0.05, 0.1) is 11.0 Å². The third-order valence-electron chi connectivity index (χ3n) is 8.60. The fourth-order valence-electron chi connectivity index (χ4n) is 6.69. The number of fused-ring (bicyclic) bond motifs is 5. The molecule has 0 atom stereocenters. The smallest absolute Gasteiger partial charge is 0.0547 e. The van der Waals surface area contributed by atoms with Gasteiger partial charge in [-0.05, 0) is 81.2 Å². The van der Waals surface area contributed by atoms with Crippen molar-refractivity contribution in [3.63, 3.8) is 0 Å². The van der Waals surface area contributed by atoms with E-state index < -0.39 is 0 Å². The molecule has 0 unspecified atom stereocenters. The van der Waals surface area contributed by atoms with Crippen LogP contribution in [0.4, 0.5) is 0 Å². The number of hydrogen-bond donors (Lipinski definition) is 0. The first kappa shape index (κ1) is 23.6. The average Bonchev–Trinajstić information content (AvgIpc) is 3.39. The van der Waals surface area contributed by atoms with Crippen molar-refractivity contribution in [3.05, 3.63) is 152 Å². The van der Waals surface area contributed by atoms with E-state index in [2.05, 4.69) is 156 Å². The van der Waals surface area contributed by atoms with Crippen molar-refractivity contribution >= 4 is 44.3 Å². The third kappa shape index (κ3) is 3.52. The van der Waals surface area contributed by atoms with E-state index >= 15 is 0 Å². The van der Waals surface area contributed by atoms with Gasteiger partial charge in [0.1, 0.15) is 0 Å². The van der Waals surface area contributed by atoms with Crippen LogP contribution in [-0.4, -0.2) is 4.57 Å². The third-order valence-corrected chi connectivity index (χ3v) is 9.73. The second kappa shape index (κ2) is 9.24. The molecular formula is C40H25NS. The Balaban J connectivity index is 1.24. The van der Waals surface area contributed by atoms with Crippen molar-refractivity contribution < 1.29 is 0 Å². The van der Waals surface area contributed by atoms with Crippen molar-refractivity contribution in [2.75, 3.05) is 0 Å². The van der Waals surface area contributed by atoms with Crippen molar-refractivity contribution in [2.24, 2.45) is 0 Å². The Kier molecular flexibility index (Phi) is 5.20. The van der Waals surface area contributed by atoms with Crippen LogP contribution < -0.4 is 0 Å². The summed E-state index contributed by atoms with van der Waals surface area (Å²) in [5, 5.41) is 5.22. The molecule has 0 fully saturated rings. The first-order valence-electron chi connectivity index (χ1n) is 14.4. The SMILES string of the molecule is c1ccc(-c2ccc3c4c(cccc24)-c2cc(-c4ccc5c6ccccc6n(-c6ccccc6)c5c4)ccc2S3)cc1. The number of benzene rings is 7. The molecular weight excluding hydrogens is 527 g/mol. The lowest BCUT2D eigenvalue weighted by Gasteiger charge is -2.22. The summed E-state index contributed by atoms with van der Waals surface area (Å²) in [5.41, 5.74) is 11.3. The minimum absolute atomic E-state index is 1.18. The normalized spacial score (nSPS) is 12.2. The highest BCUT2D eigenvalue weighted by molar-refractivity contribution is 7.99. The molecule has 2 heterocycles. The predicted octanol–water partition coefficient (Wildman–Crippen LogP) is 11.4. The van der Waals surface area contributed by atoms with E-state index in [1.54, 1.807) is 0 Å². The van der Waals surface area contributed by atoms with Crippen LogP contribution in [0, 0.1) is 0 Å². The first-order valence-corrected chi connectivity index (χ1v) is 15.2. The summed E-state index contributed by atoms with van der Waals surface area (Å²) in [6.07, 6.45) is 0. The minimum atomic E-state index is 1.18. The van der Waals surface area contributed by atoms with Gasteiger partial charge in [0.15, 0.2) is 0 Å². The number of hydrogen-bond acceptors (Lipinski definition) is 1. The van der Waals surface area contributed by atoms with E-state index in [1.165, 1.54) is 81.4 Å². The molecule has 7 aromatic carbocycles. The van der Waals surface area contributed by atoms with Crippen LogP contribution in [0.25, 0.3) is 71.6 Å². The molecule has 1 aromatic heterocycles. The molecule has 1 nitrogen and oxygen atoms in total. The minimum Gasteiger partial charge on any atom is -0.309 e. The molecule has 0 saturated heterocycles. The van der Waals surface area contributed by atoms with Crippen LogP contribution in [0.3, 0.4) is 0 Å². The second-order valence-corrected chi connectivity index (χ2v) is 12.0. The van der Waals surface area contributed by atoms with Crippen LogP contribution in [0.5, 0.6) is 0 Å². The Morgan fingerprint density at radius 3 is 1.95 bits per heavy atom. The molecule has 1 aliphatic heterocycles. The Morgan fingerprint density at radius 1 is 0.381 bits per heavy atom. The summed E-state index contributed by atoms with van der Waals surface area (Å²) in [5.74, 6) is 0. The Morgan fingerprint density at radius 2 is 1.07 bits per heavy atom. The molecule has 8 aromatic rings. The van der Waals surface area contributed by atoms with Gasteiger partial charge in [0.25, 0.3) is 0 Å². The molecule has 0 spiro atoms. The number of rotatable bonds is 3. The van der Waals surface area contributed by atoms with Crippen LogP contribution in [0.15, 0.2) is 161 Å². The highest BCUT2D eigenvalue weighted by atomic mass is 32.2. The predicted molar refractivity (Wildman–Crippen MR) is 179 cm³/mol. The van der Waals surface area contributed by atoms with Crippen molar-refractivity contribution in [2.45, 2.75) is 9.79 Å². The van der Waals surface area contributed by atoms with Crippen molar-refractivity contribution in [1.29, 1.82) is 0 Å². The summed E-state index contributed by atoms with van der Waals surface area (Å²) in [6.45, 7) is 0. The van der Waals surface area contributed by atoms with Gasteiger partial charge in [-0.2, -0.15) is 0 Å². The monoisotopic (exact) mass is 551 g/mol. The Bertz CT molecular complexity index is 2310. The molecule has 9 rings (SSSR count). The Labute approximate surface area is 248 Å². The zero-order valence-electron chi connectivity index (χ0n) is 22.8. The average molecular weight is 552 g/mol. The van der Waals surface area contributed by atoms with E-state index in [0.717, 1.165) is 0 Å². The highest BCUT2D eigenvalue weighted by Gasteiger charge is 2.22. The van der Waals surface area contributed by atoms with Gasteiger partial charge in [0.2, 0.25) is 0 Å². The number of para-hydroxylation sites is 2. The quantitative estimate of drug-likeness (QED) is 0.211. The molecule has 0 N–H and O–H groups in total. The fraction of sp³-hybridized carbons (Fsp3) is 0. The largest absolute Gasteiger partial charge is 0.309 e. The summed E-state index contributed by atoms with van der Waals surface area (Å²) in [7, 11) is 0. The molecule has 0 bridgehead atoms. The molecule has 0 amide bonds. The zero-order valence-corrected chi connectivity index (χ0v) is 23.6. The topological polar surface area (TPSA) is 4.93 Å². The molecule has 196 valence electrons. The molecule has 42 heavy (non-hydrogen) atoms. The lowest BCUT2D eigenvalue weighted by atomic mass is 9.91. The second-order valence-electron chi connectivity index (χ2n) is 10.9. The maximum Gasteiger partial charge on any atom is 0.0547 e. The van der Waals surface area contributed by atoms with Gasteiger partial charge in [-0.15, -0.1) is 0 Å². The molecule has 2 heteroatoms. The van der Waals surface area contributed by atoms with Gasteiger partial charge < -0.3 is 4.57 Å². The molecule has 1 aliphatic rings.